The predicted octanol–water partition coefficient (Wildman–Crippen LogP) is 1.80. The zero-order valence-corrected chi connectivity index (χ0v) is 26.6. The van der Waals surface area contributed by atoms with Crippen LogP contribution in [0.2, 0.25) is 0 Å². The summed E-state index contributed by atoms with van der Waals surface area (Å²) in [4.78, 5) is 24.3. The fraction of sp³-hybridized carbons (Fsp3) is 0.519. The Kier molecular flexibility index (Phi) is 13.3. The highest BCUT2D eigenvalue weighted by Crippen LogP contribution is 2.46. The van der Waals surface area contributed by atoms with Crippen molar-refractivity contribution >= 4 is 29.7 Å². The Morgan fingerprint density at radius 1 is 1.13 bits per heavy atom. The van der Waals surface area contributed by atoms with Gasteiger partial charge in [0.25, 0.3) is 12.1 Å². The van der Waals surface area contributed by atoms with Crippen LogP contribution in [-0.2, 0) is 33.5 Å². The molecule has 2 heterocycles. The lowest BCUT2D eigenvalue weighted by molar-refractivity contribution is -0.765. The highest BCUT2D eigenvalue weighted by molar-refractivity contribution is 7.86. The Labute approximate surface area is 268 Å². The second kappa shape index (κ2) is 16.3. The Morgan fingerprint density at radius 2 is 1.74 bits per heavy atom. The van der Waals surface area contributed by atoms with Crippen molar-refractivity contribution in [1.29, 1.82) is 0 Å². The Morgan fingerprint density at radius 3 is 2.32 bits per heavy atom. The number of nitrogens with two attached hydrogens (primary N) is 1. The number of hydrogen-bond donors (Lipinski definition) is 4. The second-order valence-electron chi connectivity index (χ2n) is 10.6. The number of nitrogens with zero attached hydrogens (tertiary/aromatic N) is 1. The van der Waals surface area contributed by atoms with E-state index in [1.165, 1.54) is 23.8 Å². The van der Waals surface area contributed by atoms with Gasteiger partial charge in [0.15, 0.2) is 28.6 Å². The summed E-state index contributed by atoms with van der Waals surface area (Å²) < 4.78 is 96.7. The summed E-state index contributed by atoms with van der Waals surface area (Å²) in [5.41, 5.74) is -0.131. The van der Waals surface area contributed by atoms with Crippen molar-refractivity contribution in [2.75, 3.05) is 6.61 Å². The van der Waals surface area contributed by atoms with Gasteiger partial charge in [-0.25, -0.2) is 13.0 Å². The minimum absolute atomic E-state index is 0.182. The Bertz CT molecular complexity index is 1510. The van der Waals surface area contributed by atoms with Crippen LogP contribution >= 0.6 is 7.75 Å². The molecule has 2 aliphatic rings. The number of benzene rings is 1. The van der Waals surface area contributed by atoms with Gasteiger partial charge in [-0.3, -0.25) is 14.1 Å². The maximum Gasteiger partial charge on any atom is 0.485 e. The van der Waals surface area contributed by atoms with E-state index >= 15 is 0 Å². The quantitative estimate of drug-likeness (QED) is 0.0858. The van der Waals surface area contributed by atoms with Crippen LogP contribution in [0.15, 0.2) is 54.9 Å². The average molecular weight is 714 g/mol. The number of aromatic nitrogens is 1. The highest BCUT2D eigenvalue weighted by atomic mass is 32.2. The third-order valence-electron chi connectivity index (χ3n) is 6.94. The van der Waals surface area contributed by atoms with Crippen LogP contribution in [0.5, 0.6) is 5.75 Å². The van der Waals surface area contributed by atoms with E-state index in [1.807, 2.05) is 0 Å². The van der Waals surface area contributed by atoms with Gasteiger partial charge >= 0.3 is 19.2 Å². The van der Waals surface area contributed by atoms with E-state index in [1.54, 1.807) is 42.6 Å². The number of pyridine rings is 1. The van der Waals surface area contributed by atoms with Gasteiger partial charge in [0.1, 0.15) is 35.7 Å². The van der Waals surface area contributed by atoms with Crippen LogP contribution in [0.4, 0.5) is 13.2 Å². The van der Waals surface area contributed by atoms with Gasteiger partial charge in [0.2, 0.25) is 0 Å². The standard InChI is InChI=1S/C26H34N3O9P.CHF3O3S/c1-17(26(33)36-19-10-4-2-5-11-19)28-39(34,38-20-12-6-3-7-13-20)35-16-21-22(30)23(31)25(37-21)29-14-8-9-18(15-29)24(27)32;2-1(3,4)8(5,6)7/h3,6-9,12-15,17,19,21-23,25,30-31H,2,4-5,10-11,16H2,1H3,(H2-,27,28,32,34);(H,5,6,7)/t17-,21+,22+,23+,25+,39?;/m0./s1. The molecule has 262 valence electrons. The zero-order valence-electron chi connectivity index (χ0n) is 24.9. The molecular weight excluding hydrogens is 678 g/mol. The smallest absolute Gasteiger partial charge is 0.485 e. The molecule has 5 N–H and O–H groups in total. The molecule has 1 aromatic carbocycles. The number of carbonyl (C=O) groups excluding carboxylic acids is 2. The first-order valence-corrected chi connectivity index (χ1v) is 17.2. The first-order chi connectivity index (χ1) is 21.9. The van der Waals surface area contributed by atoms with Crippen molar-refractivity contribution in [3.05, 3.63) is 60.4 Å². The molecule has 0 spiro atoms. The Balaban J connectivity index is 0.000000665. The first-order valence-electron chi connectivity index (χ1n) is 14.2. The van der Waals surface area contributed by atoms with Crippen molar-refractivity contribution in [2.45, 2.75) is 81.2 Å². The summed E-state index contributed by atoms with van der Waals surface area (Å²) in [6.45, 7) is 1.05. The number of halogens is 3. The SMILES string of the molecule is C[C@H](NP(=O)(OC[C@H]1O[C@@H]([n+]2cccc(C(N)=O)c2)[C@H](O)[C@@H]1O)Oc1ccccc1)C(=O)OC1CCCCC1.O=S(=O)([O-])C(F)(F)F. The van der Waals surface area contributed by atoms with Crippen LogP contribution in [0.1, 0.15) is 55.6 Å². The molecule has 2 fully saturated rings. The van der Waals surface area contributed by atoms with Crippen LogP contribution in [0, 0.1) is 0 Å². The summed E-state index contributed by atoms with van der Waals surface area (Å²) in [5, 5.41) is 23.9. The van der Waals surface area contributed by atoms with Gasteiger partial charge in [0.05, 0.1) is 6.61 Å². The summed E-state index contributed by atoms with van der Waals surface area (Å²) in [6, 6.07) is 10.3. The van der Waals surface area contributed by atoms with Crippen LogP contribution in [0.3, 0.4) is 0 Å². The fourth-order valence-electron chi connectivity index (χ4n) is 4.53. The lowest BCUT2D eigenvalue weighted by Gasteiger charge is -2.26. The lowest BCUT2D eigenvalue weighted by Crippen LogP contribution is -2.46. The van der Waals surface area contributed by atoms with E-state index in [2.05, 4.69) is 5.09 Å². The van der Waals surface area contributed by atoms with Crippen molar-refractivity contribution in [2.24, 2.45) is 5.73 Å². The molecule has 47 heavy (non-hydrogen) atoms. The molecule has 2 aromatic rings. The number of nitrogens with one attached hydrogen (secondary N) is 1. The molecule has 0 radical (unpaired) electrons. The van der Waals surface area contributed by atoms with Gasteiger partial charge in [0, 0.05) is 6.07 Å². The minimum atomic E-state index is -6.09. The average Bonchev–Trinajstić information content (AvgIpc) is 3.29. The minimum Gasteiger partial charge on any atom is -0.741 e. The number of esters is 1. The third kappa shape index (κ3) is 11.2. The molecule has 1 amide bonds. The number of alkyl halides is 3. The van der Waals surface area contributed by atoms with E-state index in [4.69, 9.17) is 37.2 Å². The first kappa shape index (κ1) is 38.3. The van der Waals surface area contributed by atoms with Gasteiger partial charge < -0.3 is 34.5 Å². The summed E-state index contributed by atoms with van der Waals surface area (Å²) in [5.74, 6) is -1.02. The number of carbonyl (C=O) groups is 2. The number of para-hydroxylation sites is 1. The number of hydrogen-bond acceptors (Lipinski definition) is 12. The summed E-state index contributed by atoms with van der Waals surface area (Å²) in [6.07, 6.45) is 2.40. The monoisotopic (exact) mass is 713 g/mol. The summed E-state index contributed by atoms with van der Waals surface area (Å²) >= 11 is 0. The zero-order chi connectivity index (χ0) is 35.0. The van der Waals surface area contributed by atoms with Crippen molar-refractivity contribution < 1.29 is 73.6 Å². The Hall–Kier alpha value is -3.16. The van der Waals surface area contributed by atoms with Crippen molar-refractivity contribution in [3.8, 4) is 5.75 Å². The van der Waals surface area contributed by atoms with Gasteiger partial charge in [-0.05, 0) is 50.8 Å². The van der Waals surface area contributed by atoms with Crippen LogP contribution in [0.25, 0.3) is 0 Å². The number of aliphatic hydroxyl groups excluding tert-OH is 2. The summed E-state index contributed by atoms with van der Waals surface area (Å²) in [7, 11) is -10.3. The number of aliphatic hydroxyl groups is 2. The van der Waals surface area contributed by atoms with Crippen molar-refractivity contribution in [1.82, 2.24) is 5.09 Å². The maximum absolute atomic E-state index is 13.8. The molecule has 1 aliphatic carbocycles. The van der Waals surface area contributed by atoms with Gasteiger partial charge in [-0.1, -0.05) is 24.6 Å². The third-order valence-corrected chi connectivity index (χ3v) is 9.15. The molecule has 0 bridgehead atoms. The van der Waals surface area contributed by atoms with E-state index in [9.17, 15) is 37.5 Å². The number of amides is 1. The molecular formula is C27H35F3N3O12PS. The van der Waals surface area contributed by atoms with Crippen LogP contribution < -0.4 is 19.9 Å². The maximum atomic E-state index is 13.8. The van der Waals surface area contributed by atoms with Gasteiger partial charge in [-0.15, -0.1) is 0 Å². The molecule has 1 unspecified atom stereocenters. The second-order valence-corrected chi connectivity index (χ2v) is 13.7. The van der Waals surface area contributed by atoms with E-state index in [-0.39, 0.29) is 17.4 Å². The largest absolute Gasteiger partial charge is 0.741 e. The molecule has 1 aromatic heterocycles. The number of ether oxygens (including phenoxy) is 2. The number of primary amides is 1. The van der Waals surface area contributed by atoms with Crippen molar-refractivity contribution in [3.63, 3.8) is 0 Å². The van der Waals surface area contributed by atoms with Gasteiger partial charge in [-0.2, -0.15) is 22.8 Å². The predicted molar refractivity (Wildman–Crippen MR) is 153 cm³/mol. The van der Waals surface area contributed by atoms with Crippen LogP contribution in [-0.4, -0.2) is 77.6 Å². The normalized spacial score (nSPS) is 23.9. The molecule has 1 aliphatic heterocycles. The molecule has 1 saturated carbocycles. The van der Waals surface area contributed by atoms with E-state index < -0.39 is 72.4 Å². The molecule has 20 heteroatoms. The van der Waals surface area contributed by atoms with E-state index in [0.29, 0.717) is 0 Å². The topological polar surface area (TPSA) is 228 Å². The number of rotatable bonds is 11. The van der Waals surface area contributed by atoms with E-state index in [0.717, 1.165) is 32.1 Å². The molecule has 1 saturated heterocycles. The molecule has 6 atom stereocenters. The molecule has 4 rings (SSSR count). The fourth-order valence-corrected chi connectivity index (χ4v) is 6.03. The molecule has 15 nitrogen and oxygen atoms in total. The highest BCUT2D eigenvalue weighted by Gasteiger charge is 2.49. The lowest BCUT2D eigenvalue weighted by atomic mass is 9.98.